The van der Waals surface area contributed by atoms with Crippen LogP contribution in [-0.4, -0.2) is 24.1 Å². The van der Waals surface area contributed by atoms with E-state index in [-0.39, 0.29) is 5.91 Å². The lowest BCUT2D eigenvalue weighted by Crippen LogP contribution is -2.21. The molecule has 2 N–H and O–H groups in total. The number of nitrogens with one attached hydrogen (secondary N) is 1. The zero-order valence-electron chi connectivity index (χ0n) is 11.2. The van der Waals surface area contributed by atoms with Gasteiger partial charge in [0.25, 0.3) is 5.91 Å². The highest BCUT2D eigenvalue weighted by Crippen LogP contribution is 2.24. The number of thiophene rings is 2. The monoisotopic (exact) mass is 323 g/mol. The van der Waals surface area contributed by atoms with Crippen LogP contribution in [0.15, 0.2) is 29.0 Å². The van der Waals surface area contributed by atoms with Gasteiger partial charge in [-0.1, -0.05) is 0 Å². The lowest BCUT2D eigenvalue weighted by molar-refractivity contribution is -0.131. The molecule has 0 saturated heterocycles. The summed E-state index contributed by atoms with van der Waals surface area (Å²) >= 11 is 2.79. The number of carbonyl (C=O) groups is 2. The van der Waals surface area contributed by atoms with E-state index in [1.807, 2.05) is 11.4 Å². The minimum Gasteiger partial charge on any atom is -0.495 e. The average Bonchev–Trinajstić information content (AvgIpc) is 3.11. The van der Waals surface area contributed by atoms with E-state index in [2.05, 4.69) is 5.32 Å². The maximum Gasteiger partial charge on any atom is 0.328 e. The summed E-state index contributed by atoms with van der Waals surface area (Å²) in [4.78, 5) is 23.9. The number of aliphatic carboxylic acids is 1. The third kappa shape index (κ3) is 4.17. The molecule has 0 aliphatic carbocycles. The largest absolute Gasteiger partial charge is 0.495 e. The zero-order valence-corrected chi connectivity index (χ0v) is 12.8. The van der Waals surface area contributed by atoms with Crippen LogP contribution < -0.4 is 10.1 Å². The number of carboxylic acid groups (broad SMARTS) is 1. The third-order valence-corrected chi connectivity index (χ3v) is 4.42. The smallest absolute Gasteiger partial charge is 0.328 e. The predicted molar refractivity (Wildman–Crippen MR) is 83.0 cm³/mol. The van der Waals surface area contributed by atoms with Gasteiger partial charge in [-0.25, -0.2) is 4.79 Å². The quantitative estimate of drug-likeness (QED) is 0.802. The summed E-state index contributed by atoms with van der Waals surface area (Å²) in [5, 5.41) is 15.0. The van der Waals surface area contributed by atoms with E-state index in [4.69, 9.17) is 9.84 Å². The Kier molecular flexibility index (Phi) is 5.13. The summed E-state index contributed by atoms with van der Waals surface area (Å²) in [6.45, 7) is 0.394. The molecule has 2 rings (SSSR count). The van der Waals surface area contributed by atoms with Gasteiger partial charge in [0, 0.05) is 11.0 Å². The Bertz CT molecular complexity index is 672. The number of amides is 1. The lowest BCUT2D eigenvalue weighted by Gasteiger charge is -2.03. The van der Waals surface area contributed by atoms with Gasteiger partial charge in [0.2, 0.25) is 0 Å². The van der Waals surface area contributed by atoms with Crippen molar-refractivity contribution < 1.29 is 19.4 Å². The number of hydrogen-bond acceptors (Lipinski definition) is 5. The predicted octanol–water partition coefficient (Wildman–Crippen LogP) is 2.85. The molecule has 0 aliphatic heterocycles. The Morgan fingerprint density at radius 3 is 2.95 bits per heavy atom. The minimum atomic E-state index is -0.985. The van der Waals surface area contributed by atoms with E-state index in [1.54, 1.807) is 11.4 Å². The second-order valence-electron chi connectivity index (χ2n) is 4.02. The van der Waals surface area contributed by atoms with Gasteiger partial charge < -0.3 is 15.2 Å². The Morgan fingerprint density at radius 2 is 2.24 bits per heavy atom. The second kappa shape index (κ2) is 7.05. The molecule has 0 fully saturated rings. The molecule has 0 spiro atoms. The van der Waals surface area contributed by atoms with Gasteiger partial charge in [-0.3, -0.25) is 4.79 Å². The molecule has 21 heavy (non-hydrogen) atoms. The fourth-order valence-corrected chi connectivity index (χ4v) is 3.18. The van der Waals surface area contributed by atoms with Gasteiger partial charge in [-0.2, -0.15) is 0 Å². The Hall–Kier alpha value is -2.12. The summed E-state index contributed by atoms with van der Waals surface area (Å²) in [6.07, 6.45) is 2.60. The average molecular weight is 323 g/mol. The van der Waals surface area contributed by atoms with Crippen molar-refractivity contribution in [2.45, 2.75) is 6.54 Å². The van der Waals surface area contributed by atoms with Crippen LogP contribution in [0.25, 0.3) is 6.08 Å². The van der Waals surface area contributed by atoms with E-state index in [0.717, 1.165) is 16.5 Å². The first-order valence-electron chi connectivity index (χ1n) is 5.98. The van der Waals surface area contributed by atoms with Crippen molar-refractivity contribution in [3.05, 3.63) is 44.3 Å². The number of carboxylic acids is 1. The van der Waals surface area contributed by atoms with Crippen LogP contribution in [0.4, 0.5) is 0 Å². The highest BCUT2D eigenvalue weighted by molar-refractivity contribution is 7.12. The van der Waals surface area contributed by atoms with Crippen molar-refractivity contribution in [3.8, 4) is 5.75 Å². The van der Waals surface area contributed by atoms with Crippen LogP contribution in [0, 0.1) is 0 Å². The molecule has 1 amide bonds. The summed E-state index contributed by atoms with van der Waals surface area (Å²) < 4.78 is 5.10. The third-order valence-electron chi connectivity index (χ3n) is 2.57. The first kappa shape index (κ1) is 15.3. The molecule has 0 aliphatic rings. The molecule has 0 unspecified atom stereocenters. The zero-order chi connectivity index (χ0) is 15.2. The minimum absolute atomic E-state index is 0.183. The Labute approximate surface area is 129 Å². The molecule has 0 bridgehead atoms. The highest BCUT2D eigenvalue weighted by Gasteiger charge is 2.13. The van der Waals surface area contributed by atoms with Crippen molar-refractivity contribution >= 4 is 40.6 Å². The normalized spacial score (nSPS) is 10.7. The Morgan fingerprint density at radius 1 is 1.43 bits per heavy atom. The van der Waals surface area contributed by atoms with Gasteiger partial charge in [-0.15, -0.1) is 22.7 Å². The van der Waals surface area contributed by atoms with Crippen molar-refractivity contribution in [1.29, 1.82) is 0 Å². The number of hydrogen-bond donors (Lipinski definition) is 2. The van der Waals surface area contributed by atoms with Crippen molar-refractivity contribution in [3.63, 3.8) is 0 Å². The topological polar surface area (TPSA) is 75.6 Å². The maximum absolute atomic E-state index is 12.0. The molecule has 0 saturated carbocycles. The molecular weight excluding hydrogens is 310 g/mol. The maximum atomic E-state index is 12.0. The molecule has 2 heterocycles. The van der Waals surface area contributed by atoms with E-state index < -0.39 is 5.97 Å². The number of ether oxygens (including phenoxy) is 1. The Balaban J connectivity index is 1.94. The van der Waals surface area contributed by atoms with Gasteiger partial charge >= 0.3 is 5.97 Å². The van der Waals surface area contributed by atoms with E-state index in [9.17, 15) is 9.59 Å². The van der Waals surface area contributed by atoms with Crippen LogP contribution in [0.1, 0.15) is 20.1 Å². The molecule has 2 aromatic rings. The fraction of sp³-hybridized carbons (Fsp3) is 0.143. The van der Waals surface area contributed by atoms with E-state index in [1.165, 1.54) is 35.9 Å². The van der Waals surface area contributed by atoms with E-state index in [0.29, 0.717) is 17.2 Å². The number of rotatable bonds is 6. The number of carbonyl (C=O) groups excluding carboxylic acids is 1. The SMILES string of the molecule is COc1ccsc1C(=O)NCc1cc(/C=C/C(=O)O)cs1. The first-order valence-corrected chi connectivity index (χ1v) is 7.74. The summed E-state index contributed by atoms with van der Waals surface area (Å²) in [6, 6.07) is 3.59. The molecular formula is C14H13NO4S2. The van der Waals surface area contributed by atoms with Gasteiger partial charge in [0.05, 0.1) is 13.7 Å². The van der Waals surface area contributed by atoms with Crippen molar-refractivity contribution in [2.24, 2.45) is 0 Å². The molecule has 0 aromatic carbocycles. The summed E-state index contributed by atoms with van der Waals surface area (Å²) in [5.74, 6) is -0.604. The van der Waals surface area contributed by atoms with Crippen LogP contribution in [0.3, 0.4) is 0 Å². The second-order valence-corrected chi connectivity index (χ2v) is 5.93. The molecule has 2 aromatic heterocycles. The summed E-state index contributed by atoms with van der Waals surface area (Å²) in [7, 11) is 1.53. The molecule has 0 radical (unpaired) electrons. The van der Waals surface area contributed by atoms with Gasteiger partial charge in [0.15, 0.2) is 0 Å². The first-order chi connectivity index (χ1) is 10.1. The van der Waals surface area contributed by atoms with Crippen LogP contribution >= 0.6 is 22.7 Å². The van der Waals surface area contributed by atoms with Gasteiger partial charge in [-0.05, 0) is 34.5 Å². The number of methoxy groups -OCH3 is 1. The van der Waals surface area contributed by atoms with Crippen LogP contribution in [0.2, 0.25) is 0 Å². The molecule has 7 heteroatoms. The van der Waals surface area contributed by atoms with Crippen molar-refractivity contribution in [1.82, 2.24) is 5.32 Å². The standard InChI is InChI=1S/C14H13NO4S2/c1-19-11-4-5-20-13(11)14(18)15-7-10-6-9(8-21-10)2-3-12(16)17/h2-6,8H,7H2,1H3,(H,15,18)(H,16,17)/b3-2+. The van der Waals surface area contributed by atoms with Gasteiger partial charge in [0.1, 0.15) is 10.6 Å². The van der Waals surface area contributed by atoms with E-state index >= 15 is 0 Å². The highest BCUT2D eigenvalue weighted by atomic mass is 32.1. The molecule has 110 valence electrons. The van der Waals surface area contributed by atoms with Crippen LogP contribution in [0.5, 0.6) is 5.75 Å². The van der Waals surface area contributed by atoms with Crippen LogP contribution in [-0.2, 0) is 11.3 Å². The fourth-order valence-electron chi connectivity index (χ4n) is 1.62. The lowest BCUT2D eigenvalue weighted by atomic mass is 10.3. The van der Waals surface area contributed by atoms with Crippen molar-refractivity contribution in [2.75, 3.05) is 7.11 Å². The molecule has 0 atom stereocenters. The summed E-state index contributed by atoms with van der Waals surface area (Å²) in [5.41, 5.74) is 0.806. The molecule has 5 nitrogen and oxygen atoms in total.